The van der Waals surface area contributed by atoms with Gasteiger partial charge in [-0.3, -0.25) is 4.79 Å². The fourth-order valence-corrected chi connectivity index (χ4v) is 2.47. The molecule has 3 heteroatoms. The molecule has 1 aromatic carbocycles. The summed E-state index contributed by atoms with van der Waals surface area (Å²) in [4.78, 5) is 13.3. The zero-order valence-corrected chi connectivity index (χ0v) is 12.8. The Morgan fingerprint density at radius 1 is 1.48 bits per heavy atom. The van der Waals surface area contributed by atoms with Gasteiger partial charge in [-0.05, 0) is 64.1 Å². The number of rotatable bonds is 5. The Morgan fingerprint density at radius 3 is 2.86 bits per heavy atom. The van der Waals surface area contributed by atoms with Gasteiger partial charge in [0.15, 0.2) is 0 Å². The summed E-state index contributed by atoms with van der Waals surface area (Å²) >= 11 is 0. The van der Waals surface area contributed by atoms with E-state index in [1.807, 2.05) is 0 Å². The number of hydrogen-bond donors (Lipinski definition) is 0. The first-order chi connectivity index (χ1) is 13.2. The van der Waals surface area contributed by atoms with Crippen molar-refractivity contribution in [2.24, 2.45) is 5.41 Å². The van der Waals surface area contributed by atoms with E-state index in [9.17, 15) is 4.79 Å². The van der Waals surface area contributed by atoms with Crippen LogP contribution in [-0.4, -0.2) is 37.5 Å². The zero-order chi connectivity index (χ0) is 22.4. The van der Waals surface area contributed by atoms with Crippen LogP contribution in [0.2, 0.25) is 0 Å². The Hall–Kier alpha value is -1.35. The van der Waals surface area contributed by atoms with Gasteiger partial charge in [0.1, 0.15) is 0 Å². The summed E-state index contributed by atoms with van der Waals surface area (Å²) < 4.78 is 70.8. The van der Waals surface area contributed by atoms with E-state index in [2.05, 4.69) is 0 Å². The van der Waals surface area contributed by atoms with Gasteiger partial charge < -0.3 is 9.64 Å². The van der Waals surface area contributed by atoms with Crippen LogP contribution in [0.3, 0.4) is 0 Å². The van der Waals surface area contributed by atoms with E-state index in [0.29, 0.717) is 0 Å². The van der Waals surface area contributed by atoms with Gasteiger partial charge in [-0.25, -0.2) is 0 Å². The number of carbonyl (C=O) groups is 1. The molecule has 0 atom stereocenters. The number of carbonyl (C=O) groups excluding carboxylic acids is 1. The molecule has 1 aliphatic rings. The van der Waals surface area contributed by atoms with Crippen molar-refractivity contribution in [2.75, 3.05) is 26.6 Å². The molecule has 0 spiro atoms. The minimum atomic E-state index is -2.06. The molecule has 1 fully saturated rings. The second kappa shape index (κ2) is 7.08. The molecule has 0 radical (unpaired) electrons. The van der Waals surface area contributed by atoms with Crippen LogP contribution in [0.1, 0.15) is 48.3 Å². The van der Waals surface area contributed by atoms with Gasteiger partial charge in [0.25, 0.3) is 0 Å². The van der Waals surface area contributed by atoms with Gasteiger partial charge in [-0.2, -0.15) is 0 Å². The van der Waals surface area contributed by atoms with Crippen molar-refractivity contribution in [1.29, 1.82) is 0 Å². The van der Waals surface area contributed by atoms with E-state index < -0.39 is 24.4 Å². The Bertz CT molecular complexity index is 765. The average Bonchev–Trinajstić information content (AvgIpc) is 2.59. The first kappa shape index (κ1) is 8.33. The van der Waals surface area contributed by atoms with E-state index in [4.69, 9.17) is 15.7 Å². The van der Waals surface area contributed by atoms with Crippen LogP contribution in [0.5, 0.6) is 0 Å². The molecule has 0 bridgehead atoms. The summed E-state index contributed by atoms with van der Waals surface area (Å²) in [6, 6.07) is -0.955. The lowest BCUT2D eigenvalue weighted by atomic mass is 9.71. The minimum absolute atomic E-state index is 0.0979. The maximum Gasteiger partial charge on any atom is 0.306 e. The van der Waals surface area contributed by atoms with Gasteiger partial charge in [0.05, 0.1) is 18.5 Å². The molecule has 0 saturated carbocycles. The Morgan fingerprint density at radius 2 is 2.19 bits per heavy atom. The van der Waals surface area contributed by atoms with Crippen LogP contribution >= 0.6 is 0 Å². The summed E-state index contributed by atoms with van der Waals surface area (Å²) in [6.45, 7) is -0.841. The quantitative estimate of drug-likeness (QED) is 0.782. The zero-order valence-electron chi connectivity index (χ0n) is 20.8. The third-order valence-electron chi connectivity index (χ3n) is 3.56. The first-order valence-electron chi connectivity index (χ1n) is 11.1. The van der Waals surface area contributed by atoms with Gasteiger partial charge in [-0.1, -0.05) is 29.7 Å². The number of benzene rings is 1. The summed E-state index contributed by atoms with van der Waals surface area (Å²) in [6.07, 6.45) is -0.768. The van der Waals surface area contributed by atoms with E-state index in [1.54, 1.807) is 6.92 Å². The lowest BCUT2D eigenvalue weighted by Gasteiger charge is -2.40. The van der Waals surface area contributed by atoms with Crippen molar-refractivity contribution in [2.45, 2.75) is 39.5 Å². The smallest absolute Gasteiger partial charge is 0.306 e. The molecule has 1 aliphatic heterocycles. The standard InChI is InChI=1S/C18H27NO2/c1-4-21-17(20)14-18(8-10-19(3)11-9-18)13-16-7-5-6-15(2)12-16/h5-7,12H,4,8-11,13-14H2,1-3H3/i5D,6D,7D,10D2,11D2,12D. The van der Waals surface area contributed by atoms with Crippen LogP contribution in [0.15, 0.2) is 24.2 Å². The second-order valence-corrected chi connectivity index (χ2v) is 5.49. The molecule has 2 rings (SSSR count). The molecule has 0 aromatic heterocycles. The van der Waals surface area contributed by atoms with Crippen LogP contribution in [0.4, 0.5) is 0 Å². The maximum absolute atomic E-state index is 12.3. The van der Waals surface area contributed by atoms with E-state index in [0.717, 1.165) is 4.90 Å². The number of piperidine rings is 1. The van der Waals surface area contributed by atoms with Crippen molar-refractivity contribution in [1.82, 2.24) is 4.90 Å². The molecule has 1 saturated heterocycles. The molecule has 0 aliphatic carbocycles. The summed E-state index contributed by atoms with van der Waals surface area (Å²) in [7, 11) is 1.35. The van der Waals surface area contributed by atoms with E-state index >= 15 is 0 Å². The highest BCUT2D eigenvalue weighted by Gasteiger charge is 2.36. The number of nitrogens with zero attached hydrogens (tertiary/aromatic N) is 1. The minimum Gasteiger partial charge on any atom is -0.466 e. The third-order valence-corrected chi connectivity index (χ3v) is 3.56. The van der Waals surface area contributed by atoms with Gasteiger partial charge in [0, 0.05) is 5.48 Å². The van der Waals surface area contributed by atoms with Crippen molar-refractivity contribution in [3.8, 4) is 0 Å². The van der Waals surface area contributed by atoms with Crippen LogP contribution in [0, 0.1) is 12.3 Å². The highest BCUT2D eigenvalue weighted by atomic mass is 16.5. The SMILES string of the molecule is [2H]c1c([2H])c(C)c([2H])c(CC2(CC(=O)OCC)CC([2H])([2H])N(C)C([2H])([2H])C2)c1[2H]. The number of ether oxygens (including phenoxy) is 1. The fourth-order valence-electron chi connectivity index (χ4n) is 2.47. The van der Waals surface area contributed by atoms with E-state index in [-0.39, 0.29) is 67.6 Å². The van der Waals surface area contributed by atoms with E-state index in [1.165, 1.54) is 14.0 Å². The molecule has 21 heavy (non-hydrogen) atoms. The first-order valence-corrected chi connectivity index (χ1v) is 7.13. The largest absolute Gasteiger partial charge is 0.466 e. The molecular formula is C18H27NO2. The van der Waals surface area contributed by atoms with Crippen LogP contribution < -0.4 is 0 Å². The third kappa shape index (κ3) is 4.57. The van der Waals surface area contributed by atoms with Crippen LogP contribution in [0.25, 0.3) is 0 Å². The fraction of sp³-hybridized carbons (Fsp3) is 0.611. The summed E-state index contributed by atoms with van der Waals surface area (Å²) in [5, 5.41) is 0. The summed E-state index contributed by atoms with van der Waals surface area (Å²) in [5.41, 5.74) is -0.880. The highest BCUT2D eigenvalue weighted by Crippen LogP contribution is 2.38. The van der Waals surface area contributed by atoms with Crippen molar-refractivity contribution < 1.29 is 20.5 Å². The second-order valence-electron chi connectivity index (χ2n) is 5.49. The Labute approximate surface area is 139 Å². The molecular weight excluding hydrogens is 262 g/mol. The van der Waals surface area contributed by atoms with Crippen molar-refractivity contribution in [3.63, 3.8) is 0 Å². The number of hydrogen-bond acceptors (Lipinski definition) is 3. The average molecular weight is 297 g/mol. The van der Waals surface area contributed by atoms with Gasteiger partial charge >= 0.3 is 5.97 Å². The summed E-state index contributed by atoms with van der Waals surface area (Å²) in [5.74, 6) is -0.596. The predicted octanol–water partition coefficient (Wildman–Crippen LogP) is 3.20. The number of likely N-dealkylation sites (tertiary alicyclic amines) is 1. The topological polar surface area (TPSA) is 29.5 Å². The molecule has 3 nitrogen and oxygen atoms in total. The number of esters is 1. The predicted molar refractivity (Wildman–Crippen MR) is 85.3 cm³/mol. The molecule has 1 heterocycles. The Kier molecular flexibility index (Phi) is 2.81. The molecule has 0 unspecified atom stereocenters. The molecule has 116 valence electrons. The molecule has 0 N–H and O–H groups in total. The molecule has 1 aromatic rings. The van der Waals surface area contributed by atoms with Crippen LogP contribution in [-0.2, 0) is 16.0 Å². The van der Waals surface area contributed by atoms with Gasteiger partial charge in [-0.15, -0.1) is 0 Å². The highest BCUT2D eigenvalue weighted by molar-refractivity contribution is 5.70. The van der Waals surface area contributed by atoms with Crippen molar-refractivity contribution in [3.05, 3.63) is 35.3 Å². The normalized spacial score (nSPS) is 28.7. The Balaban J connectivity index is 2.61. The monoisotopic (exact) mass is 297 g/mol. The van der Waals surface area contributed by atoms with Crippen molar-refractivity contribution >= 4 is 5.97 Å². The maximum atomic E-state index is 12.3. The van der Waals surface area contributed by atoms with Gasteiger partial charge in [0.2, 0.25) is 0 Å². The lowest BCUT2D eigenvalue weighted by Crippen LogP contribution is -2.40. The molecule has 0 amide bonds. The lowest BCUT2D eigenvalue weighted by molar-refractivity contribution is -0.146.